The summed E-state index contributed by atoms with van der Waals surface area (Å²) in [6.45, 7) is 0. The number of nitrogens with one attached hydrogen (secondary N) is 1. The molecule has 32 heavy (non-hydrogen) atoms. The molecule has 13 heteroatoms. The van der Waals surface area contributed by atoms with Crippen LogP contribution in [-0.4, -0.2) is 27.2 Å². The first kappa shape index (κ1) is 24.9. The number of hydrogen-bond acceptors (Lipinski definition) is 4. The molecule has 1 N–H and O–H groups in total. The van der Waals surface area contributed by atoms with Gasteiger partial charge in [-0.2, -0.15) is 17.9 Å². The van der Waals surface area contributed by atoms with Crippen LogP contribution in [0.25, 0.3) is 0 Å². The molecule has 2 aromatic rings. The second-order valence-corrected chi connectivity index (χ2v) is 11.8. The molecule has 176 valence electrons. The fourth-order valence-corrected chi connectivity index (χ4v) is 7.21. The van der Waals surface area contributed by atoms with Crippen molar-refractivity contribution in [2.45, 2.75) is 46.9 Å². The molecule has 5 nitrogen and oxygen atoms in total. The zero-order valence-electron chi connectivity index (χ0n) is 16.2. The second kappa shape index (κ2) is 8.54. The molecule has 0 heterocycles. The molecular weight excluding hydrogens is 501 g/mol. The molecule has 0 bridgehead atoms. The van der Waals surface area contributed by atoms with Crippen LogP contribution in [0.4, 0.5) is 22.0 Å². The summed E-state index contributed by atoms with van der Waals surface area (Å²) in [4.78, 5) is -2.96. The number of halogens is 6. The highest BCUT2D eigenvalue weighted by Gasteiger charge is 2.56. The van der Waals surface area contributed by atoms with Crippen molar-refractivity contribution in [2.24, 2.45) is 0 Å². The van der Waals surface area contributed by atoms with E-state index in [9.17, 15) is 38.8 Å². The lowest BCUT2D eigenvalue weighted by Crippen LogP contribution is -2.58. The topological polar surface area (TPSA) is 80.3 Å². The van der Waals surface area contributed by atoms with Crippen LogP contribution < -0.4 is 4.72 Å². The summed E-state index contributed by atoms with van der Waals surface area (Å²) >= 11 is 5.74. The van der Waals surface area contributed by atoms with Crippen molar-refractivity contribution >= 4 is 31.5 Å². The van der Waals surface area contributed by atoms with Crippen molar-refractivity contribution in [3.63, 3.8) is 0 Å². The number of sulfone groups is 1. The van der Waals surface area contributed by atoms with E-state index in [0.29, 0.717) is 0 Å². The molecule has 0 unspecified atom stereocenters. The molecule has 0 spiro atoms. The third kappa shape index (κ3) is 4.63. The molecular formula is C19H17ClF5NO4S2. The Bertz CT molecular complexity index is 1210. The SMILES string of the molecule is O=S(=O)(NC1(S(=O)(=O)c2ccc(Cl)cc2)CCC(c2cc(F)ccc2F)CC1)C(F)(F)F. The van der Waals surface area contributed by atoms with Crippen molar-refractivity contribution in [2.75, 3.05) is 0 Å². The maximum Gasteiger partial charge on any atom is 0.511 e. The summed E-state index contributed by atoms with van der Waals surface area (Å²) in [6.07, 6.45) is -1.58. The van der Waals surface area contributed by atoms with Gasteiger partial charge in [0.15, 0.2) is 9.84 Å². The van der Waals surface area contributed by atoms with Gasteiger partial charge in [-0.1, -0.05) is 11.6 Å². The highest BCUT2D eigenvalue weighted by molar-refractivity contribution is 7.95. The lowest BCUT2D eigenvalue weighted by Gasteiger charge is -2.40. The largest absolute Gasteiger partial charge is 0.511 e. The smallest absolute Gasteiger partial charge is 0.222 e. The number of alkyl halides is 3. The maximum atomic E-state index is 14.2. The van der Waals surface area contributed by atoms with Gasteiger partial charge in [-0.3, -0.25) is 0 Å². The summed E-state index contributed by atoms with van der Waals surface area (Å²) in [6, 6.07) is 7.24. The highest BCUT2D eigenvalue weighted by Crippen LogP contribution is 2.45. The van der Waals surface area contributed by atoms with E-state index in [0.717, 1.165) is 30.3 Å². The lowest BCUT2D eigenvalue weighted by atomic mass is 9.81. The minimum atomic E-state index is -6.04. The van der Waals surface area contributed by atoms with E-state index >= 15 is 0 Å². The summed E-state index contributed by atoms with van der Waals surface area (Å²) in [7, 11) is -10.7. The molecule has 0 amide bonds. The fraction of sp³-hybridized carbons (Fsp3) is 0.368. The van der Waals surface area contributed by atoms with Gasteiger partial charge < -0.3 is 0 Å². The fourth-order valence-electron chi connectivity index (χ4n) is 3.79. The van der Waals surface area contributed by atoms with E-state index in [1.165, 1.54) is 16.9 Å². The van der Waals surface area contributed by atoms with Crippen molar-refractivity contribution in [3.8, 4) is 0 Å². The Kier molecular flexibility index (Phi) is 6.64. The number of hydrogen-bond donors (Lipinski definition) is 1. The number of benzene rings is 2. The maximum absolute atomic E-state index is 14.2. The standard InChI is InChI=1S/C19H17ClF5NO4S2/c20-13-1-4-15(5-2-13)31(27,28)18(26-32(29,30)19(23,24)25)9-7-12(8-10-18)16-11-14(21)3-6-17(16)22/h1-6,11-12,26H,7-10H2. The molecule has 0 aromatic heterocycles. The van der Waals surface area contributed by atoms with Crippen LogP contribution in [0.2, 0.25) is 5.02 Å². The quantitative estimate of drug-likeness (QED) is 0.573. The summed E-state index contributed by atoms with van der Waals surface area (Å²) in [5.74, 6) is -2.19. The minimum absolute atomic E-state index is 0.0545. The zero-order valence-corrected chi connectivity index (χ0v) is 18.6. The van der Waals surface area contributed by atoms with Crippen LogP contribution in [0.3, 0.4) is 0 Å². The van der Waals surface area contributed by atoms with Gasteiger partial charge in [-0.05, 0) is 79.6 Å². The second-order valence-electron chi connectivity index (χ2n) is 7.44. The Morgan fingerprint density at radius 1 is 0.938 bits per heavy atom. The first-order chi connectivity index (χ1) is 14.7. The van der Waals surface area contributed by atoms with Crippen molar-refractivity contribution < 1.29 is 38.8 Å². The minimum Gasteiger partial charge on any atom is -0.222 e. The Hall–Kier alpha value is -1.76. The molecule has 1 aliphatic carbocycles. The summed E-state index contributed by atoms with van der Waals surface area (Å²) < 4.78 is 119. The Morgan fingerprint density at radius 3 is 2.03 bits per heavy atom. The van der Waals surface area contributed by atoms with Crippen LogP contribution in [0, 0.1) is 11.6 Å². The molecule has 3 rings (SSSR count). The summed E-state index contributed by atoms with van der Waals surface area (Å²) in [5, 5.41) is 0.166. The van der Waals surface area contributed by atoms with E-state index in [2.05, 4.69) is 0 Å². The molecule has 0 saturated heterocycles. The van der Waals surface area contributed by atoms with E-state index in [1.54, 1.807) is 0 Å². The Balaban J connectivity index is 2.03. The molecule has 1 aliphatic rings. The van der Waals surface area contributed by atoms with Gasteiger partial charge in [-0.25, -0.2) is 25.6 Å². The van der Waals surface area contributed by atoms with Gasteiger partial charge in [0.1, 0.15) is 16.5 Å². The molecule has 1 saturated carbocycles. The molecule has 0 aliphatic heterocycles. The van der Waals surface area contributed by atoms with Gasteiger partial charge >= 0.3 is 15.5 Å². The van der Waals surface area contributed by atoms with Gasteiger partial charge in [0, 0.05) is 5.02 Å². The van der Waals surface area contributed by atoms with Crippen LogP contribution in [0.1, 0.15) is 37.2 Å². The van der Waals surface area contributed by atoms with E-state index in [-0.39, 0.29) is 23.4 Å². The van der Waals surface area contributed by atoms with Crippen molar-refractivity contribution in [3.05, 3.63) is 64.7 Å². The summed E-state index contributed by atoms with van der Waals surface area (Å²) in [5.41, 5.74) is -5.80. The van der Waals surface area contributed by atoms with Crippen LogP contribution in [0.15, 0.2) is 47.4 Å². The predicted octanol–water partition coefficient (Wildman–Crippen LogP) is 4.89. The average molecular weight is 518 g/mol. The normalized spacial score (nSPS) is 22.6. The van der Waals surface area contributed by atoms with E-state index < -0.39 is 65.5 Å². The third-order valence-electron chi connectivity index (χ3n) is 5.45. The van der Waals surface area contributed by atoms with Gasteiger partial charge in [0.25, 0.3) is 0 Å². The third-order valence-corrected chi connectivity index (χ3v) is 9.54. The van der Waals surface area contributed by atoms with Gasteiger partial charge in [0.2, 0.25) is 0 Å². The van der Waals surface area contributed by atoms with E-state index in [1.807, 2.05) is 0 Å². The Morgan fingerprint density at radius 2 is 1.50 bits per heavy atom. The lowest BCUT2D eigenvalue weighted by molar-refractivity contribution is -0.0454. The average Bonchev–Trinajstić information content (AvgIpc) is 2.69. The molecule has 0 radical (unpaired) electrons. The molecule has 2 aromatic carbocycles. The number of sulfonamides is 1. The predicted molar refractivity (Wildman–Crippen MR) is 107 cm³/mol. The first-order valence-electron chi connectivity index (χ1n) is 9.24. The van der Waals surface area contributed by atoms with Gasteiger partial charge in [0.05, 0.1) is 4.90 Å². The van der Waals surface area contributed by atoms with Crippen LogP contribution >= 0.6 is 11.6 Å². The molecule has 1 fully saturated rings. The van der Waals surface area contributed by atoms with Gasteiger partial charge in [-0.15, -0.1) is 0 Å². The van der Waals surface area contributed by atoms with Crippen molar-refractivity contribution in [1.82, 2.24) is 4.72 Å². The molecule has 0 atom stereocenters. The van der Waals surface area contributed by atoms with Crippen molar-refractivity contribution in [1.29, 1.82) is 0 Å². The first-order valence-corrected chi connectivity index (χ1v) is 12.6. The monoisotopic (exact) mass is 517 g/mol. The van der Waals surface area contributed by atoms with Crippen LogP contribution in [-0.2, 0) is 19.9 Å². The zero-order chi connectivity index (χ0) is 23.9. The Labute approximate surface area is 186 Å². The van der Waals surface area contributed by atoms with E-state index in [4.69, 9.17) is 11.6 Å². The number of rotatable bonds is 5. The van der Waals surface area contributed by atoms with Crippen LogP contribution in [0.5, 0.6) is 0 Å². The highest BCUT2D eigenvalue weighted by atomic mass is 35.5.